The van der Waals surface area contributed by atoms with Crippen LogP contribution in [-0.4, -0.2) is 11.7 Å². The molecular formula is C15H13NO2. The minimum atomic E-state index is -0.183. The Morgan fingerprint density at radius 1 is 0.833 bits per heavy atom. The van der Waals surface area contributed by atoms with Crippen molar-refractivity contribution in [1.29, 1.82) is 0 Å². The van der Waals surface area contributed by atoms with Crippen LogP contribution < -0.4 is 5.32 Å². The van der Waals surface area contributed by atoms with Crippen LogP contribution in [0.2, 0.25) is 0 Å². The number of carbonyl (C=O) groups excluding carboxylic acids is 2. The molecule has 0 spiro atoms. The van der Waals surface area contributed by atoms with Crippen LogP contribution in [0.5, 0.6) is 0 Å². The van der Waals surface area contributed by atoms with Crippen molar-refractivity contribution in [2.75, 3.05) is 0 Å². The highest BCUT2D eigenvalue weighted by molar-refractivity contribution is 6.09. The van der Waals surface area contributed by atoms with Crippen LogP contribution in [0.25, 0.3) is 0 Å². The van der Waals surface area contributed by atoms with E-state index in [0.29, 0.717) is 16.7 Å². The maximum absolute atomic E-state index is 12.2. The van der Waals surface area contributed by atoms with Gasteiger partial charge in [0.05, 0.1) is 5.56 Å². The number of amides is 1. The van der Waals surface area contributed by atoms with Crippen molar-refractivity contribution in [1.82, 2.24) is 0 Å². The minimum absolute atomic E-state index is 0.0886. The number of primary amides is 1. The van der Waals surface area contributed by atoms with Gasteiger partial charge in [-0.15, -0.1) is 7.05 Å². The third-order valence-electron chi connectivity index (χ3n) is 2.63. The van der Waals surface area contributed by atoms with Crippen LogP contribution in [0.4, 0.5) is 0 Å². The molecule has 0 radical (unpaired) electrons. The molecule has 0 unspecified atom stereocenters. The van der Waals surface area contributed by atoms with Crippen molar-refractivity contribution in [3.05, 3.63) is 78.3 Å². The summed E-state index contributed by atoms with van der Waals surface area (Å²) in [5.41, 5.74) is 1.60. The van der Waals surface area contributed by atoms with Crippen LogP contribution in [0.3, 0.4) is 0 Å². The highest BCUT2D eigenvalue weighted by Crippen LogP contribution is 2.11. The molecule has 0 fully saturated rings. The first-order chi connectivity index (χ1) is 8.72. The molecule has 0 saturated carbocycles. The lowest BCUT2D eigenvalue weighted by molar-refractivity contribution is -0.489. The van der Waals surface area contributed by atoms with Crippen molar-refractivity contribution in [2.45, 2.75) is 0 Å². The zero-order chi connectivity index (χ0) is 13.0. The van der Waals surface area contributed by atoms with Crippen molar-refractivity contribution in [3.8, 4) is 0 Å². The van der Waals surface area contributed by atoms with Crippen molar-refractivity contribution >= 4 is 11.7 Å². The lowest BCUT2D eigenvalue weighted by Gasteiger charge is -2.03. The van der Waals surface area contributed by atoms with E-state index in [0.717, 1.165) is 0 Å². The summed E-state index contributed by atoms with van der Waals surface area (Å²) in [7, 11) is 3.44. The zero-order valence-corrected chi connectivity index (χ0v) is 9.80. The van der Waals surface area contributed by atoms with Crippen LogP contribution in [0, 0.1) is 7.05 Å². The molecule has 3 nitrogen and oxygen atoms in total. The minimum Gasteiger partial charge on any atom is -0.411 e. The predicted octanol–water partition coefficient (Wildman–Crippen LogP) is 1.41. The number of benzene rings is 2. The Balaban J connectivity index is 2.35. The Morgan fingerprint density at radius 3 is 2.11 bits per heavy atom. The van der Waals surface area contributed by atoms with Crippen LogP contribution >= 0.6 is 0 Å². The Labute approximate surface area is 105 Å². The molecule has 3 heteroatoms. The molecule has 90 valence electrons. The molecule has 2 rings (SSSR count). The van der Waals surface area contributed by atoms with E-state index in [1.54, 1.807) is 36.4 Å². The maximum Gasteiger partial charge on any atom is 0.316 e. The lowest BCUT2D eigenvalue weighted by Crippen LogP contribution is -2.81. The summed E-state index contributed by atoms with van der Waals surface area (Å²) in [6.07, 6.45) is 0. The van der Waals surface area contributed by atoms with Crippen molar-refractivity contribution in [3.63, 3.8) is 0 Å². The number of carbonyl (C=O) groups is 2. The topological polar surface area (TPSA) is 50.8 Å². The van der Waals surface area contributed by atoms with Crippen LogP contribution in [-0.2, 0) is 0 Å². The fraction of sp³-hybridized carbons (Fsp3) is 0. The second-order valence-electron chi connectivity index (χ2n) is 3.84. The first kappa shape index (κ1) is 12.2. The zero-order valence-electron chi connectivity index (χ0n) is 9.80. The van der Waals surface area contributed by atoms with E-state index in [1.807, 2.05) is 18.2 Å². The van der Waals surface area contributed by atoms with E-state index < -0.39 is 0 Å². The first-order valence-electron chi connectivity index (χ1n) is 5.59. The number of quaternary nitrogens is 1. The third kappa shape index (κ3) is 2.52. The van der Waals surface area contributed by atoms with Gasteiger partial charge in [0.2, 0.25) is 0 Å². The quantitative estimate of drug-likeness (QED) is 0.650. The van der Waals surface area contributed by atoms with Crippen molar-refractivity contribution < 1.29 is 14.9 Å². The van der Waals surface area contributed by atoms with Crippen molar-refractivity contribution in [2.24, 2.45) is 0 Å². The van der Waals surface area contributed by atoms with E-state index >= 15 is 0 Å². The van der Waals surface area contributed by atoms with Gasteiger partial charge >= 0.3 is 5.91 Å². The first-order valence-corrected chi connectivity index (χ1v) is 5.59. The highest BCUT2D eigenvalue weighted by atomic mass is 16.1. The number of ketones is 1. The van der Waals surface area contributed by atoms with E-state index in [9.17, 15) is 9.59 Å². The summed E-state index contributed by atoms with van der Waals surface area (Å²) in [6.45, 7) is 0. The normalized spacial score (nSPS) is 10.1. The second-order valence-corrected chi connectivity index (χ2v) is 3.84. The molecule has 1 amide bonds. The Morgan fingerprint density at radius 2 is 1.44 bits per heavy atom. The van der Waals surface area contributed by atoms with Gasteiger partial charge in [0.25, 0.3) is 0 Å². The molecule has 0 aliphatic carbocycles. The van der Waals surface area contributed by atoms with Gasteiger partial charge in [-0.2, -0.15) is 0 Å². The van der Waals surface area contributed by atoms with Gasteiger partial charge in [-0.3, -0.25) is 4.79 Å². The maximum atomic E-state index is 12.2. The highest BCUT2D eigenvalue weighted by Gasteiger charge is 2.11. The number of rotatable bonds is 3. The van der Waals surface area contributed by atoms with Gasteiger partial charge in [0.15, 0.2) is 5.78 Å². The fourth-order valence-corrected chi connectivity index (χ4v) is 1.69. The molecule has 0 bridgehead atoms. The monoisotopic (exact) mass is 239 g/mol. The molecule has 0 heterocycles. The van der Waals surface area contributed by atoms with Gasteiger partial charge in [0, 0.05) is 11.1 Å². The van der Waals surface area contributed by atoms with Gasteiger partial charge in [0.1, 0.15) is 0 Å². The molecule has 0 aliphatic rings. The van der Waals surface area contributed by atoms with Gasteiger partial charge in [-0.25, -0.2) is 4.79 Å². The molecule has 0 aliphatic heterocycles. The van der Waals surface area contributed by atoms with E-state index in [1.165, 1.54) is 5.32 Å². The Bertz CT molecular complexity index is 576. The van der Waals surface area contributed by atoms with Crippen LogP contribution in [0.15, 0.2) is 54.6 Å². The summed E-state index contributed by atoms with van der Waals surface area (Å²) < 4.78 is 0. The predicted molar refractivity (Wildman–Crippen MR) is 67.9 cm³/mol. The van der Waals surface area contributed by atoms with E-state index in [4.69, 9.17) is 0 Å². The molecule has 0 aromatic heterocycles. The molecule has 0 saturated heterocycles. The van der Waals surface area contributed by atoms with Crippen LogP contribution in [0.1, 0.15) is 26.3 Å². The molecular weight excluding hydrogens is 226 g/mol. The number of hydrogen-bond acceptors (Lipinski definition) is 2. The summed E-state index contributed by atoms with van der Waals surface area (Å²) in [4.78, 5) is 23.7. The fourth-order valence-electron chi connectivity index (χ4n) is 1.69. The number of nitrogens with two attached hydrogens (primary N) is 1. The lowest BCUT2D eigenvalue weighted by atomic mass is 10.0. The Hall–Kier alpha value is -2.26. The van der Waals surface area contributed by atoms with Gasteiger partial charge < -0.3 is 5.32 Å². The molecule has 2 aromatic rings. The van der Waals surface area contributed by atoms with E-state index in [-0.39, 0.29) is 11.7 Å². The summed E-state index contributed by atoms with van der Waals surface area (Å²) >= 11 is 0. The third-order valence-corrected chi connectivity index (χ3v) is 2.63. The Kier molecular flexibility index (Phi) is 3.65. The molecule has 0 atom stereocenters. The summed E-state index contributed by atoms with van der Waals surface area (Å²) in [5.74, 6) is -0.271. The SMILES string of the molecule is [CH2-][NH2+]C(=O)c1cccc(C(=O)c2ccccc2)c1. The average Bonchev–Trinajstić information content (AvgIpc) is 2.46. The molecule has 2 aromatic carbocycles. The molecule has 2 N–H and O–H groups in total. The second kappa shape index (κ2) is 5.38. The summed E-state index contributed by atoms with van der Waals surface area (Å²) in [6, 6.07) is 15.7. The smallest absolute Gasteiger partial charge is 0.316 e. The standard InChI is InChI=1S/C15H13NO2/c1-16-15(18)13-9-5-8-12(10-13)14(17)11-6-3-2-4-7-11/h2-10H,1,16H2. The molecule has 18 heavy (non-hydrogen) atoms. The van der Waals surface area contributed by atoms with Gasteiger partial charge in [-0.05, 0) is 12.1 Å². The summed E-state index contributed by atoms with van der Waals surface area (Å²) in [5, 5.41) is 1.24. The average molecular weight is 239 g/mol. The number of hydrogen-bond donors (Lipinski definition) is 1. The largest absolute Gasteiger partial charge is 0.411 e. The van der Waals surface area contributed by atoms with Gasteiger partial charge in [-0.1, -0.05) is 42.5 Å². The van der Waals surface area contributed by atoms with E-state index in [2.05, 4.69) is 7.05 Å².